The van der Waals surface area contributed by atoms with Gasteiger partial charge >= 0.3 is 11.9 Å². The minimum absolute atomic E-state index is 0.0996. The van der Waals surface area contributed by atoms with Gasteiger partial charge in [-0.2, -0.15) is 0 Å². The van der Waals surface area contributed by atoms with E-state index in [0.717, 1.165) is 0 Å². The zero-order valence-electron chi connectivity index (χ0n) is 19.6. The van der Waals surface area contributed by atoms with Crippen molar-refractivity contribution in [3.05, 3.63) is 59.7 Å². The van der Waals surface area contributed by atoms with Crippen LogP contribution in [0.3, 0.4) is 0 Å². The third-order valence-electron chi connectivity index (χ3n) is 5.75. The van der Waals surface area contributed by atoms with Crippen LogP contribution in [0.15, 0.2) is 54.1 Å². The topological polar surface area (TPSA) is 172 Å². The van der Waals surface area contributed by atoms with E-state index in [2.05, 4.69) is 6.58 Å². The van der Waals surface area contributed by atoms with E-state index in [4.69, 9.17) is 18.9 Å². The Morgan fingerprint density at radius 3 is 2.53 bits per heavy atom. The highest BCUT2D eigenvalue weighted by molar-refractivity contribution is 5.91. The van der Waals surface area contributed by atoms with Gasteiger partial charge in [-0.1, -0.05) is 18.7 Å². The SMILES string of the molecule is C=C(C)[C@@H](OC(=O)C=Cc1ccc(O)cc1)[C@@H]1CC(=CCO[C@@H]2O[C@H](CO)[C@@H](O)[C@H](O)[C@H]2O)C(=O)O1. The quantitative estimate of drug-likeness (QED) is 0.173. The standard InChI is InChI=1S/C25H30O11/c1-13(2)23(36-19(28)8-5-14-3-6-16(27)7-4-14)17-11-15(24(32)34-17)9-10-33-25-22(31)21(30)20(29)18(12-26)35-25/h3-9,17-18,20-23,25-27,29-31H,1,10-12H2,2H3/t17-,18+,20+,21-,22+,23+,25+/m0/s1. The molecule has 3 rings (SSSR count). The van der Waals surface area contributed by atoms with Crippen molar-refractivity contribution in [1.82, 2.24) is 0 Å². The van der Waals surface area contributed by atoms with Crippen molar-refractivity contribution in [3.8, 4) is 5.75 Å². The highest BCUT2D eigenvalue weighted by Crippen LogP contribution is 2.28. The Bertz CT molecular complexity index is 998. The smallest absolute Gasteiger partial charge is 0.334 e. The number of phenols is 1. The minimum atomic E-state index is -1.58. The Kier molecular flexibility index (Phi) is 9.37. The summed E-state index contributed by atoms with van der Waals surface area (Å²) in [6, 6.07) is 6.21. The second-order valence-electron chi connectivity index (χ2n) is 8.54. The Morgan fingerprint density at radius 2 is 1.89 bits per heavy atom. The number of carbonyl (C=O) groups excluding carboxylic acids is 2. The number of cyclic esters (lactones) is 1. The molecule has 0 aromatic heterocycles. The number of esters is 2. The number of rotatable bonds is 9. The second kappa shape index (κ2) is 12.3. The van der Waals surface area contributed by atoms with E-state index in [9.17, 15) is 35.1 Å². The molecule has 2 aliphatic heterocycles. The summed E-state index contributed by atoms with van der Waals surface area (Å²) in [5.74, 6) is -1.21. The Balaban J connectivity index is 1.57. The number of phenolic OH excluding ortho intramolecular Hbond substituents is 1. The van der Waals surface area contributed by atoms with Crippen molar-refractivity contribution < 1.29 is 54.1 Å². The lowest BCUT2D eigenvalue weighted by Gasteiger charge is -2.39. The predicted molar refractivity (Wildman–Crippen MR) is 124 cm³/mol. The number of aliphatic hydroxyl groups excluding tert-OH is 4. The summed E-state index contributed by atoms with van der Waals surface area (Å²) in [5, 5.41) is 48.2. The van der Waals surface area contributed by atoms with Crippen LogP contribution in [0.2, 0.25) is 0 Å². The molecule has 11 heteroatoms. The molecule has 11 nitrogen and oxygen atoms in total. The van der Waals surface area contributed by atoms with Crippen LogP contribution in [-0.2, 0) is 28.5 Å². The number of hydrogen-bond acceptors (Lipinski definition) is 11. The van der Waals surface area contributed by atoms with Crippen molar-refractivity contribution in [2.75, 3.05) is 13.2 Å². The summed E-state index contributed by atoms with van der Waals surface area (Å²) in [4.78, 5) is 24.7. The van der Waals surface area contributed by atoms with Gasteiger partial charge in [0.1, 0.15) is 36.3 Å². The maximum atomic E-state index is 12.3. The highest BCUT2D eigenvalue weighted by Gasteiger charge is 2.44. The van der Waals surface area contributed by atoms with E-state index in [1.807, 2.05) is 0 Å². The molecule has 36 heavy (non-hydrogen) atoms. The average Bonchev–Trinajstić information content (AvgIpc) is 3.21. The van der Waals surface area contributed by atoms with Gasteiger partial charge in [-0.3, -0.25) is 0 Å². The van der Waals surface area contributed by atoms with E-state index in [-0.39, 0.29) is 24.4 Å². The molecule has 196 valence electrons. The molecule has 7 atom stereocenters. The van der Waals surface area contributed by atoms with Crippen LogP contribution in [-0.4, -0.2) is 93.6 Å². The van der Waals surface area contributed by atoms with Gasteiger partial charge in [0.25, 0.3) is 0 Å². The van der Waals surface area contributed by atoms with E-state index in [1.165, 1.54) is 30.4 Å². The first-order chi connectivity index (χ1) is 17.1. The van der Waals surface area contributed by atoms with Crippen molar-refractivity contribution in [2.45, 2.75) is 56.3 Å². The largest absolute Gasteiger partial charge is 0.508 e. The summed E-state index contributed by atoms with van der Waals surface area (Å²) in [5.41, 5.74) is 1.39. The van der Waals surface area contributed by atoms with Crippen molar-refractivity contribution >= 4 is 18.0 Å². The third kappa shape index (κ3) is 6.78. The van der Waals surface area contributed by atoms with Gasteiger partial charge in [-0.05, 0) is 42.3 Å². The molecular formula is C25H30O11. The fraction of sp³-hybridized carbons (Fsp3) is 0.440. The maximum absolute atomic E-state index is 12.3. The highest BCUT2D eigenvalue weighted by atomic mass is 16.7. The average molecular weight is 507 g/mol. The molecule has 0 bridgehead atoms. The first kappa shape index (κ1) is 27.5. The van der Waals surface area contributed by atoms with Gasteiger partial charge < -0.3 is 44.5 Å². The fourth-order valence-electron chi connectivity index (χ4n) is 3.75. The number of benzene rings is 1. The van der Waals surface area contributed by atoms with Crippen molar-refractivity contribution in [2.24, 2.45) is 0 Å². The Morgan fingerprint density at radius 1 is 1.19 bits per heavy atom. The fourth-order valence-corrected chi connectivity index (χ4v) is 3.75. The first-order valence-electron chi connectivity index (χ1n) is 11.3. The molecule has 2 aliphatic rings. The minimum Gasteiger partial charge on any atom is -0.508 e. The molecule has 1 aromatic carbocycles. The Hall–Kier alpha value is -3.06. The summed E-state index contributed by atoms with van der Waals surface area (Å²) in [6.45, 7) is 4.66. The maximum Gasteiger partial charge on any atom is 0.334 e. The van der Waals surface area contributed by atoms with Crippen LogP contribution < -0.4 is 0 Å². The summed E-state index contributed by atoms with van der Waals surface area (Å²) < 4.78 is 21.5. The number of ether oxygens (including phenoxy) is 4. The van der Waals surface area contributed by atoms with Crippen LogP contribution in [0.1, 0.15) is 18.9 Å². The van der Waals surface area contributed by atoms with Gasteiger partial charge in [-0.15, -0.1) is 0 Å². The summed E-state index contributed by atoms with van der Waals surface area (Å²) in [7, 11) is 0. The molecule has 0 unspecified atom stereocenters. The monoisotopic (exact) mass is 506 g/mol. The molecule has 1 aromatic rings. The molecule has 2 saturated heterocycles. The zero-order valence-corrected chi connectivity index (χ0v) is 19.6. The molecule has 0 aliphatic carbocycles. The molecule has 0 saturated carbocycles. The number of hydrogen-bond donors (Lipinski definition) is 5. The van der Waals surface area contributed by atoms with Crippen molar-refractivity contribution in [3.63, 3.8) is 0 Å². The van der Waals surface area contributed by atoms with Gasteiger partial charge in [0, 0.05) is 18.1 Å². The lowest BCUT2D eigenvalue weighted by Crippen LogP contribution is -2.59. The number of aliphatic hydroxyl groups is 4. The first-order valence-corrected chi connectivity index (χ1v) is 11.3. The van der Waals surface area contributed by atoms with Gasteiger partial charge in [0.2, 0.25) is 0 Å². The summed E-state index contributed by atoms with van der Waals surface area (Å²) in [6.07, 6.45) is -4.58. The van der Waals surface area contributed by atoms with Crippen LogP contribution in [0.4, 0.5) is 0 Å². The van der Waals surface area contributed by atoms with Crippen LogP contribution in [0.5, 0.6) is 5.75 Å². The number of aromatic hydroxyl groups is 1. The van der Waals surface area contributed by atoms with Crippen LogP contribution in [0, 0.1) is 0 Å². The molecule has 5 N–H and O–H groups in total. The molecular weight excluding hydrogens is 476 g/mol. The Labute approximate surface area is 207 Å². The van der Waals surface area contributed by atoms with Gasteiger partial charge in [-0.25, -0.2) is 9.59 Å². The normalized spacial score (nSPS) is 30.4. The molecule has 0 spiro atoms. The van der Waals surface area contributed by atoms with E-state index in [1.54, 1.807) is 19.1 Å². The molecule has 0 amide bonds. The molecule has 2 heterocycles. The lowest BCUT2D eigenvalue weighted by atomic mass is 9.99. The van der Waals surface area contributed by atoms with E-state index in [0.29, 0.717) is 11.1 Å². The predicted octanol–water partition coefficient (Wildman–Crippen LogP) is -0.0483. The van der Waals surface area contributed by atoms with Crippen molar-refractivity contribution in [1.29, 1.82) is 0 Å². The van der Waals surface area contributed by atoms with Gasteiger partial charge in [0.05, 0.1) is 13.2 Å². The molecule has 2 fully saturated rings. The van der Waals surface area contributed by atoms with Crippen LogP contribution >= 0.6 is 0 Å². The van der Waals surface area contributed by atoms with Gasteiger partial charge in [0.15, 0.2) is 12.4 Å². The second-order valence-corrected chi connectivity index (χ2v) is 8.54. The number of carbonyl (C=O) groups is 2. The summed E-state index contributed by atoms with van der Waals surface area (Å²) >= 11 is 0. The van der Waals surface area contributed by atoms with E-state index >= 15 is 0 Å². The zero-order chi connectivity index (χ0) is 26.4. The lowest BCUT2D eigenvalue weighted by molar-refractivity contribution is -0.298. The van der Waals surface area contributed by atoms with E-state index < -0.39 is 61.5 Å². The van der Waals surface area contributed by atoms with Crippen LogP contribution in [0.25, 0.3) is 6.08 Å². The molecule has 0 radical (unpaired) electrons. The third-order valence-corrected chi connectivity index (χ3v) is 5.75.